The van der Waals surface area contributed by atoms with Gasteiger partial charge in [0.15, 0.2) is 0 Å². The van der Waals surface area contributed by atoms with Crippen molar-refractivity contribution >= 4 is 27.7 Å². The first kappa shape index (κ1) is 14.1. The predicted octanol–water partition coefficient (Wildman–Crippen LogP) is 3.25. The average Bonchev–Trinajstić information content (AvgIpc) is 2.71. The minimum absolute atomic E-state index is 0.278. The molecule has 3 N–H and O–H groups in total. The molecule has 1 aliphatic heterocycles. The lowest BCUT2D eigenvalue weighted by Gasteiger charge is -2.15. The van der Waals surface area contributed by atoms with Crippen LogP contribution in [0.3, 0.4) is 0 Å². The van der Waals surface area contributed by atoms with Gasteiger partial charge in [-0.25, -0.2) is 4.98 Å². The molecule has 1 aliphatic rings. The topological polar surface area (TPSA) is 73.1 Å². The van der Waals surface area contributed by atoms with Gasteiger partial charge in [-0.1, -0.05) is 15.9 Å². The van der Waals surface area contributed by atoms with Crippen molar-refractivity contribution in [3.8, 4) is 17.0 Å². The van der Waals surface area contributed by atoms with E-state index in [0.717, 1.165) is 58.7 Å². The number of halogens is 1. The van der Waals surface area contributed by atoms with Gasteiger partial charge in [0, 0.05) is 22.1 Å². The number of nitrogens with one attached hydrogen (secondary N) is 1. The first-order valence-corrected chi connectivity index (χ1v) is 7.72. The Hall–Kier alpha value is -1.82. The smallest absolute Gasteiger partial charge is 0.222 e. The van der Waals surface area contributed by atoms with Crippen molar-refractivity contribution in [1.82, 2.24) is 9.97 Å². The molecular weight excluding hydrogens is 332 g/mol. The van der Waals surface area contributed by atoms with Crippen molar-refractivity contribution in [3.05, 3.63) is 28.2 Å². The number of fused-ring (bicyclic) bond motifs is 1. The molecule has 2 aromatic rings. The second-order valence-corrected chi connectivity index (χ2v) is 5.90. The highest BCUT2D eigenvalue weighted by Crippen LogP contribution is 2.37. The van der Waals surface area contributed by atoms with Gasteiger partial charge in [-0.05, 0) is 37.5 Å². The molecule has 0 amide bonds. The molecule has 110 valence electrons. The van der Waals surface area contributed by atoms with Gasteiger partial charge in [-0.15, -0.1) is 0 Å². The largest absolute Gasteiger partial charge is 0.496 e. The Morgan fingerprint density at radius 2 is 2.14 bits per heavy atom. The molecule has 0 saturated carbocycles. The normalized spacial score (nSPS) is 14.0. The summed E-state index contributed by atoms with van der Waals surface area (Å²) in [6.45, 7) is 0.915. The van der Waals surface area contributed by atoms with E-state index in [-0.39, 0.29) is 5.95 Å². The molecule has 0 aliphatic carbocycles. The molecule has 0 fully saturated rings. The zero-order valence-electron chi connectivity index (χ0n) is 11.8. The van der Waals surface area contributed by atoms with Crippen LogP contribution in [0.2, 0.25) is 0 Å². The maximum atomic E-state index is 5.89. The summed E-state index contributed by atoms with van der Waals surface area (Å²) in [7, 11) is 1.66. The standard InChI is InChI=1S/C15H17BrN4O/c1-21-12-6-5-9(16)8-11(12)13-10-4-2-3-7-18-14(10)20-15(17)19-13/h5-6,8H,2-4,7H2,1H3,(H3,17,18,19,20). The maximum absolute atomic E-state index is 5.89. The summed E-state index contributed by atoms with van der Waals surface area (Å²) in [6, 6.07) is 5.88. The quantitative estimate of drug-likeness (QED) is 0.871. The van der Waals surface area contributed by atoms with E-state index in [1.165, 1.54) is 0 Å². The second-order valence-electron chi connectivity index (χ2n) is 4.99. The summed E-state index contributed by atoms with van der Waals surface area (Å²) in [5.41, 5.74) is 8.78. The fraction of sp³-hybridized carbons (Fsp3) is 0.333. The van der Waals surface area contributed by atoms with Gasteiger partial charge in [0.05, 0.1) is 12.8 Å². The van der Waals surface area contributed by atoms with Crippen molar-refractivity contribution in [3.63, 3.8) is 0 Å². The van der Waals surface area contributed by atoms with E-state index in [1.807, 2.05) is 18.2 Å². The third-order valence-electron chi connectivity index (χ3n) is 3.59. The number of nitrogens with zero attached hydrogens (tertiary/aromatic N) is 2. The first-order valence-electron chi connectivity index (χ1n) is 6.93. The first-order chi connectivity index (χ1) is 10.2. The summed E-state index contributed by atoms with van der Waals surface area (Å²) in [6.07, 6.45) is 3.16. The third-order valence-corrected chi connectivity index (χ3v) is 4.08. The van der Waals surface area contributed by atoms with Gasteiger partial charge in [0.2, 0.25) is 5.95 Å². The van der Waals surface area contributed by atoms with Crippen LogP contribution in [0.15, 0.2) is 22.7 Å². The van der Waals surface area contributed by atoms with Crippen LogP contribution in [0.4, 0.5) is 11.8 Å². The lowest BCUT2D eigenvalue weighted by molar-refractivity contribution is 0.416. The fourth-order valence-electron chi connectivity index (χ4n) is 2.61. The van der Waals surface area contributed by atoms with E-state index in [1.54, 1.807) is 7.11 Å². The van der Waals surface area contributed by atoms with Crippen LogP contribution in [0.25, 0.3) is 11.3 Å². The van der Waals surface area contributed by atoms with E-state index < -0.39 is 0 Å². The highest BCUT2D eigenvalue weighted by molar-refractivity contribution is 9.10. The van der Waals surface area contributed by atoms with Gasteiger partial charge < -0.3 is 15.8 Å². The maximum Gasteiger partial charge on any atom is 0.222 e. The van der Waals surface area contributed by atoms with Gasteiger partial charge in [-0.3, -0.25) is 0 Å². The Kier molecular flexibility index (Phi) is 3.96. The predicted molar refractivity (Wildman–Crippen MR) is 87.6 cm³/mol. The van der Waals surface area contributed by atoms with Gasteiger partial charge >= 0.3 is 0 Å². The number of methoxy groups -OCH3 is 1. The molecule has 21 heavy (non-hydrogen) atoms. The van der Waals surface area contributed by atoms with E-state index in [9.17, 15) is 0 Å². The molecule has 0 spiro atoms. The Morgan fingerprint density at radius 1 is 1.29 bits per heavy atom. The summed E-state index contributed by atoms with van der Waals surface area (Å²) in [4.78, 5) is 8.81. The summed E-state index contributed by atoms with van der Waals surface area (Å²) in [5.74, 6) is 1.90. The minimum atomic E-state index is 0.278. The van der Waals surface area contributed by atoms with Crippen molar-refractivity contribution < 1.29 is 4.74 Å². The van der Waals surface area contributed by atoms with Crippen LogP contribution in [-0.2, 0) is 6.42 Å². The van der Waals surface area contributed by atoms with E-state index in [2.05, 4.69) is 31.2 Å². The summed E-state index contributed by atoms with van der Waals surface area (Å²) < 4.78 is 6.45. The van der Waals surface area contributed by atoms with E-state index in [4.69, 9.17) is 10.5 Å². The number of nitrogen functional groups attached to an aromatic ring is 1. The lowest BCUT2D eigenvalue weighted by Crippen LogP contribution is -2.08. The van der Waals surface area contributed by atoms with Crippen molar-refractivity contribution in [2.45, 2.75) is 19.3 Å². The molecule has 5 nitrogen and oxygen atoms in total. The van der Waals surface area contributed by atoms with Crippen LogP contribution in [0, 0.1) is 0 Å². The molecular formula is C15H17BrN4O. The highest BCUT2D eigenvalue weighted by Gasteiger charge is 2.19. The number of ether oxygens (including phenoxy) is 1. The molecule has 0 unspecified atom stereocenters. The SMILES string of the molecule is COc1ccc(Br)cc1-c1nc(N)nc2c1CCCCN2. The van der Waals surface area contributed by atoms with Crippen LogP contribution in [-0.4, -0.2) is 23.6 Å². The Labute approximate surface area is 132 Å². The van der Waals surface area contributed by atoms with Gasteiger partial charge in [-0.2, -0.15) is 4.98 Å². The molecule has 0 bridgehead atoms. The molecule has 2 heterocycles. The van der Waals surface area contributed by atoms with Crippen molar-refractivity contribution in [2.75, 3.05) is 24.7 Å². The van der Waals surface area contributed by atoms with Crippen LogP contribution < -0.4 is 15.8 Å². The minimum Gasteiger partial charge on any atom is -0.496 e. The average molecular weight is 349 g/mol. The number of benzene rings is 1. The van der Waals surface area contributed by atoms with Crippen molar-refractivity contribution in [2.24, 2.45) is 0 Å². The zero-order valence-corrected chi connectivity index (χ0v) is 13.4. The van der Waals surface area contributed by atoms with Crippen LogP contribution in [0.1, 0.15) is 18.4 Å². The third kappa shape index (κ3) is 2.81. The number of rotatable bonds is 2. The summed E-state index contributed by atoms with van der Waals surface area (Å²) >= 11 is 3.51. The van der Waals surface area contributed by atoms with Crippen LogP contribution in [0.5, 0.6) is 5.75 Å². The number of anilines is 2. The molecule has 3 rings (SSSR count). The van der Waals surface area contributed by atoms with Crippen LogP contribution >= 0.6 is 15.9 Å². The molecule has 0 radical (unpaired) electrons. The van der Waals surface area contributed by atoms with Gasteiger partial charge in [0.1, 0.15) is 11.6 Å². The van der Waals surface area contributed by atoms with Gasteiger partial charge in [0.25, 0.3) is 0 Å². The molecule has 0 saturated heterocycles. The number of nitrogens with two attached hydrogens (primary N) is 1. The Bertz CT molecular complexity index is 675. The zero-order chi connectivity index (χ0) is 14.8. The van der Waals surface area contributed by atoms with E-state index in [0.29, 0.717) is 0 Å². The monoisotopic (exact) mass is 348 g/mol. The van der Waals surface area contributed by atoms with Crippen molar-refractivity contribution in [1.29, 1.82) is 0 Å². The number of aromatic nitrogens is 2. The Balaban J connectivity index is 2.22. The summed E-state index contributed by atoms with van der Waals surface area (Å²) in [5, 5.41) is 3.34. The molecule has 6 heteroatoms. The Morgan fingerprint density at radius 3 is 2.95 bits per heavy atom. The molecule has 1 aromatic heterocycles. The van der Waals surface area contributed by atoms with E-state index >= 15 is 0 Å². The second kappa shape index (κ2) is 5.89. The highest BCUT2D eigenvalue weighted by atomic mass is 79.9. The molecule has 1 aromatic carbocycles. The number of hydrogen-bond donors (Lipinski definition) is 2. The lowest BCUT2D eigenvalue weighted by atomic mass is 10.0. The number of hydrogen-bond acceptors (Lipinski definition) is 5. The molecule has 0 atom stereocenters. The fourth-order valence-corrected chi connectivity index (χ4v) is 2.97.